The van der Waals surface area contributed by atoms with Crippen molar-refractivity contribution in [3.05, 3.63) is 52.6 Å². The number of carboxylic acid groups (broad SMARTS) is 1. The highest BCUT2D eigenvalue weighted by atomic mass is 35.5. The molecule has 0 heterocycles. The fraction of sp³-hybridized carbons (Fsp3) is 0.0714. The van der Waals surface area contributed by atoms with E-state index in [9.17, 15) is 13.6 Å². The van der Waals surface area contributed by atoms with Gasteiger partial charge in [0.05, 0.1) is 18.2 Å². The number of methoxy groups -OCH3 is 1. The SMILES string of the molecule is COc1cc(F)c(-c2cc(C(=O)O)ccc2Cl)c(F)c1. The van der Waals surface area contributed by atoms with E-state index in [2.05, 4.69) is 0 Å². The van der Waals surface area contributed by atoms with Crippen molar-refractivity contribution in [1.82, 2.24) is 0 Å². The van der Waals surface area contributed by atoms with Crippen LogP contribution in [0.15, 0.2) is 30.3 Å². The zero-order valence-electron chi connectivity index (χ0n) is 10.3. The topological polar surface area (TPSA) is 46.5 Å². The quantitative estimate of drug-likeness (QED) is 0.932. The fourth-order valence-corrected chi connectivity index (χ4v) is 1.99. The van der Waals surface area contributed by atoms with Crippen molar-refractivity contribution in [1.29, 1.82) is 0 Å². The maximum atomic E-state index is 14.0. The van der Waals surface area contributed by atoms with Gasteiger partial charge in [-0.2, -0.15) is 0 Å². The van der Waals surface area contributed by atoms with E-state index in [1.165, 1.54) is 19.2 Å². The van der Waals surface area contributed by atoms with Gasteiger partial charge in [0.2, 0.25) is 0 Å². The van der Waals surface area contributed by atoms with Gasteiger partial charge in [0.15, 0.2) is 0 Å². The molecule has 2 aromatic carbocycles. The standard InChI is InChI=1S/C14H9ClF2O3/c1-20-8-5-11(16)13(12(17)6-8)9-4-7(14(18)19)2-3-10(9)15/h2-6H,1H3,(H,18,19). The molecule has 0 aliphatic rings. The van der Waals surface area contributed by atoms with E-state index in [-0.39, 0.29) is 27.5 Å². The molecule has 104 valence electrons. The van der Waals surface area contributed by atoms with Gasteiger partial charge in [-0.1, -0.05) is 11.6 Å². The monoisotopic (exact) mass is 298 g/mol. The van der Waals surface area contributed by atoms with Gasteiger partial charge in [0.1, 0.15) is 17.4 Å². The van der Waals surface area contributed by atoms with Gasteiger partial charge in [0.25, 0.3) is 0 Å². The molecule has 0 aliphatic carbocycles. The van der Waals surface area contributed by atoms with Crippen LogP contribution in [0.1, 0.15) is 10.4 Å². The lowest BCUT2D eigenvalue weighted by atomic mass is 10.0. The molecule has 0 aliphatic heterocycles. The van der Waals surface area contributed by atoms with Crippen LogP contribution in [-0.4, -0.2) is 18.2 Å². The summed E-state index contributed by atoms with van der Waals surface area (Å²) in [7, 11) is 1.28. The first kappa shape index (κ1) is 14.3. The van der Waals surface area contributed by atoms with Crippen molar-refractivity contribution in [2.45, 2.75) is 0 Å². The van der Waals surface area contributed by atoms with Crippen molar-refractivity contribution in [2.24, 2.45) is 0 Å². The average Bonchev–Trinajstić information content (AvgIpc) is 2.39. The Morgan fingerprint density at radius 1 is 1.20 bits per heavy atom. The molecule has 20 heavy (non-hydrogen) atoms. The Bertz CT molecular complexity index is 663. The molecule has 1 N–H and O–H groups in total. The van der Waals surface area contributed by atoms with Gasteiger partial charge < -0.3 is 9.84 Å². The third kappa shape index (κ3) is 2.58. The molecule has 2 aromatic rings. The number of hydrogen-bond acceptors (Lipinski definition) is 2. The second kappa shape index (κ2) is 5.46. The maximum absolute atomic E-state index is 14.0. The summed E-state index contributed by atoms with van der Waals surface area (Å²) in [6.45, 7) is 0. The number of carboxylic acids is 1. The van der Waals surface area contributed by atoms with Crippen molar-refractivity contribution in [3.8, 4) is 16.9 Å². The summed E-state index contributed by atoms with van der Waals surface area (Å²) in [5.74, 6) is -2.95. The van der Waals surface area contributed by atoms with E-state index < -0.39 is 17.6 Å². The van der Waals surface area contributed by atoms with Gasteiger partial charge in [-0.25, -0.2) is 13.6 Å². The highest BCUT2D eigenvalue weighted by Crippen LogP contribution is 2.34. The van der Waals surface area contributed by atoms with Gasteiger partial charge in [-0.05, 0) is 18.2 Å². The average molecular weight is 299 g/mol. The van der Waals surface area contributed by atoms with Crippen LogP contribution >= 0.6 is 11.6 Å². The van der Waals surface area contributed by atoms with E-state index in [0.29, 0.717) is 0 Å². The molecule has 0 unspecified atom stereocenters. The molecule has 0 spiro atoms. The zero-order valence-corrected chi connectivity index (χ0v) is 11.0. The Kier molecular flexibility index (Phi) is 3.90. The van der Waals surface area contributed by atoms with Crippen molar-refractivity contribution in [2.75, 3.05) is 7.11 Å². The fourth-order valence-electron chi connectivity index (χ4n) is 1.77. The predicted octanol–water partition coefficient (Wildman–Crippen LogP) is 3.99. The van der Waals surface area contributed by atoms with E-state index in [1.54, 1.807) is 0 Å². The number of benzene rings is 2. The van der Waals surface area contributed by atoms with E-state index >= 15 is 0 Å². The van der Waals surface area contributed by atoms with Crippen LogP contribution in [-0.2, 0) is 0 Å². The predicted molar refractivity (Wildman–Crippen MR) is 70.3 cm³/mol. The second-order valence-electron chi connectivity index (χ2n) is 3.97. The van der Waals surface area contributed by atoms with Crippen molar-refractivity contribution >= 4 is 17.6 Å². The molecule has 0 atom stereocenters. The lowest BCUT2D eigenvalue weighted by Gasteiger charge is -2.10. The first-order chi connectivity index (χ1) is 9.43. The molecule has 0 fully saturated rings. The molecule has 0 radical (unpaired) electrons. The first-order valence-corrected chi connectivity index (χ1v) is 5.88. The van der Waals surface area contributed by atoms with E-state index in [0.717, 1.165) is 18.2 Å². The lowest BCUT2D eigenvalue weighted by Crippen LogP contribution is -1.99. The summed E-state index contributed by atoms with van der Waals surface area (Å²) in [6, 6.07) is 5.67. The molecule has 0 saturated heterocycles. The summed E-state index contributed by atoms with van der Waals surface area (Å²) in [5.41, 5.74) is -0.526. The van der Waals surface area contributed by atoms with Crippen LogP contribution < -0.4 is 4.74 Å². The molecule has 2 rings (SSSR count). The van der Waals surface area contributed by atoms with Crippen LogP contribution in [0.5, 0.6) is 5.75 Å². The minimum Gasteiger partial charge on any atom is -0.497 e. The maximum Gasteiger partial charge on any atom is 0.335 e. The summed E-state index contributed by atoms with van der Waals surface area (Å²) >= 11 is 5.90. The van der Waals surface area contributed by atoms with Crippen LogP contribution in [0.4, 0.5) is 8.78 Å². The van der Waals surface area contributed by atoms with Gasteiger partial charge in [0, 0.05) is 22.7 Å². The number of halogens is 3. The second-order valence-corrected chi connectivity index (χ2v) is 4.37. The molecule has 6 heteroatoms. The molecular weight excluding hydrogens is 290 g/mol. The Morgan fingerprint density at radius 3 is 2.30 bits per heavy atom. The van der Waals surface area contributed by atoms with Crippen LogP contribution in [0.3, 0.4) is 0 Å². The summed E-state index contributed by atoms with van der Waals surface area (Å²) in [5, 5.41) is 8.97. The van der Waals surface area contributed by atoms with Crippen molar-refractivity contribution in [3.63, 3.8) is 0 Å². The lowest BCUT2D eigenvalue weighted by molar-refractivity contribution is 0.0697. The number of carbonyl (C=O) groups is 1. The summed E-state index contributed by atoms with van der Waals surface area (Å²) in [4.78, 5) is 10.9. The largest absolute Gasteiger partial charge is 0.497 e. The smallest absolute Gasteiger partial charge is 0.335 e. The third-order valence-electron chi connectivity index (χ3n) is 2.73. The van der Waals surface area contributed by atoms with Gasteiger partial charge in [-0.3, -0.25) is 0 Å². The van der Waals surface area contributed by atoms with E-state index in [4.69, 9.17) is 21.4 Å². The minimum atomic E-state index is -1.21. The highest BCUT2D eigenvalue weighted by molar-refractivity contribution is 6.33. The number of aromatic carboxylic acids is 1. The molecule has 0 bridgehead atoms. The Morgan fingerprint density at radius 2 is 1.80 bits per heavy atom. The third-order valence-corrected chi connectivity index (χ3v) is 3.06. The highest BCUT2D eigenvalue weighted by Gasteiger charge is 2.18. The number of rotatable bonds is 3. The number of ether oxygens (including phenoxy) is 1. The first-order valence-electron chi connectivity index (χ1n) is 5.50. The summed E-state index contributed by atoms with van der Waals surface area (Å²) in [6.07, 6.45) is 0. The molecular formula is C14H9ClF2O3. The van der Waals surface area contributed by atoms with Crippen LogP contribution in [0.25, 0.3) is 11.1 Å². The molecule has 3 nitrogen and oxygen atoms in total. The Hall–Kier alpha value is -2.14. The molecule has 0 amide bonds. The number of hydrogen-bond donors (Lipinski definition) is 1. The van der Waals surface area contributed by atoms with Gasteiger partial charge >= 0.3 is 5.97 Å². The van der Waals surface area contributed by atoms with Crippen molar-refractivity contribution < 1.29 is 23.4 Å². The Balaban J connectivity index is 2.68. The van der Waals surface area contributed by atoms with Crippen LogP contribution in [0.2, 0.25) is 5.02 Å². The molecule has 0 saturated carbocycles. The Labute approximate surface area is 118 Å². The minimum absolute atomic E-state index is 0.0225. The zero-order chi connectivity index (χ0) is 14.9. The van der Waals surface area contributed by atoms with Crippen LogP contribution in [0, 0.1) is 11.6 Å². The normalized spacial score (nSPS) is 10.4. The summed E-state index contributed by atoms with van der Waals surface area (Å²) < 4.78 is 32.7. The molecule has 0 aromatic heterocycles. The van der Waals surface area contributed by atoms with Gasteiger partial charge in [-0.15, -0.1) is 0 Å². The van der Waals surface area contributed by atoms with E-state index in [1.807, 2.05) is 0 Å².